The minimum atomic E-state index is -3.71. The van der Waals surface area contributed by atoms with E-state index in [1.165, 1.54) is 24.3 Å². The van der Waals surface area contributed by atoms with Gasteiger partial charge in [0.05, 0.1) is 4.90 Å². The first-order valence-electron chi connectivity index (χ1n) is 7.45. The Kier molecular flexibility index (Phi) is 4.53. The maximum Gasteiger partial charge on any atom is 0.261 e. The van der Waals surface area contributed by atoms with E-state index < -0.39 is 10.0 Å². The number of aromatic nitrogens is 2. The summed E-state index contributed by atoms with van der Waals surface area (Å²) in [7, 11) is -3.71. The molecule has 1 amide bonds. The Morgan fingerprint density at radius 1 is 1.04 bits per heavy atom. The second-order valence-electron chi connectivity index (χ2n) is 5.39. The number of carbonyl (C=O) groups excluding carboxylic acids is 1. The summed E-state index contributed by atoms with van der Waals surface area (Å²) in [5.41, 5.74) is 1.63. The Bertz CT molecular complexity index is 980. The molecular weight excluding hydrogens is 340 g/mol. The highest BCUT2D eigenvalue weighted by Gasteiger charge is 2.15. The van der Waals surface area contributed by atoms with E-state index in [1.54, 1.807) is 36.4 Å². The van der Waals surface area contributed by atoms with Crippen molar-refractivity contribution in [3.8, 4) is 0 Å². The minimum absolute atomic E-state index is 0.0727. The number of aryl methyl sites for hydroxylation is 1. The van der Waals surface area contributed by atoms with Gasteiger partial charge in [-0.3, -0.25) is 14.6 Å². The Morgan fingerprint density at radius 3 is 2.32 bits per heavy atom. The monoisotopic (exact) mass is 356 g/mol. The molecule has 0 fully saturated rings. The van der Waals surface area contributed by atoms with Gasteiger partial charge >= 0.3 is 0 Å². The first-order chi connectivity index (χ1) is 11.9. The fourth-order valence-corrected chi connectivity index (χ4v) is 3.23. The van der Waals surface area contributed by atoms with Gasteiger partial charge in [0.15, 0.2) is 5.82 Å². The molecule has 0 atom stereocenters. The van der Waals surface area contributed by atoms with Gasteiger partial charge in [-0.1, -0.05) is 18.2 Å². The molecule has 0 aliphatic heterocycles. The van der Waals surface area contributed by atoms with Crippen LogP contribution in [0.25, 0.3) is 0 Å². The molecule has 25 heavy (non-hydrogen) atoms. The average molecular weight is 356 g/mol. The predicted molar refractivity (Wildman–Crippen MR) is 95.0 cm³/mol. The van der Waals surface area contributed by atoms with Crippen LogP contribution in [0, 0.1) is 6.92 Å². The zero-order valence-corrected chi connectivity index (χ0v) is 14.2. The lowest BCUT2D eigenvalue weighted by atomic mass is 10.2. The number of benzene rings is 2. The second-order valence-corrected chi connectivity index (χ2v) is 7.07. The number of anilines is 2. The summed E-state index contributed by atoms with van der Waals surface area (Å²) in [6.45, 7) is 1.82. The lowest BCUT2D eigenvalue weighted by Crippen LogP contribution is -2.15. The number of hydrogen-bond acceptors (Lipinski definition) is 4. The number of rotatable bonds is 5. The van der Waals surface area contributed by atoms with Crippen molar-refractivity contribution in [1.82, 2.24) is 10.2 Å². The number of carbonyl (C=O) groups is 1. The molecule has 0 aliphatic carbocycles. The van der Waals surface area contributed by atoms with Gasteiger partial charge in [0, 0.05) is 23.0 Å². The van der Waals surface area contributed by atoms with E-state index in [0.717, 1.165) is 5.69 Å². The van der Waals surface area contributed by atoms with Gasteiger partial charge in [0.1, 0.15) is 0 Å². The van der Waals surface area contributed by atoms with Crippen molar-refractivity contribution in [2.45, 2.75) is 11.8 Å². The van der Waals surface area contributed by atoms with E-state index in [1.807, 2.05) is 6.92 Å². The van der Waals surface area contributed by atoms with Gasteiger partial charge < -0.3 is 5.32 Å². The summed E-state index contributed by atoms with van der Waals surface area (Å²) in [4.78, 5) is 12.2. The van der Waals surface area contributed by atoms with Crippen LogP contribution in [0.5, 0.6) is 0 Å². The summed E-state index contributed by atoms with van der Waals surface area (Å²) in [6.07, 6.45) is 0. The molecule has 1 heterocycles. The largest absolute Gasteiger partial charge is 0.305 e. The van der Waals surface area contributed by atoms with Gasteiger partial charge in [0.2, 0.25) is 0 Å². The third kappa shape index (κ3) is 4.04. The molecule has 3 rings (SSSR count). The van der Waals surface area contributed by atoms with Crippen molar-refractivity contribution in [3.63, 3.8) is 0 Å². The Morgan fingerprint density at radius 2 is 1.72 bits per heavy atom. The van der Waals surface area contributed by atoms with Gasteiger partial charge in [-0.25, -0.2) is 8.42 Å². The minimum Gasteiger partial charge on any atom is -0.305 e. The quantitative estimate of drug-likeness (QED) is 0.654. The summed E-state index contributed by atoms with van der Waals surface area (Å²) in [6, 6.07) is 16.0. The Labute approximate surface area is 145 Å². The lowest BCUT2D eigenvalue weighted by Gasteiger charge is -2.08. The molecule has 0 radical (unpaired) electrons. The van der Waals surface area contributed by atoms with Crippen molar-refractivity contribution >= 4 is 27.4 Å². The highest BCUT2D eigenvalue weighted by atomic mass is 32.2. The summed E-state index contributed by atoms with van der Waals surface area (Å²) < 4.78 is 27.2. The second kappa shape index (κ2) is 6.78. The van der Waals surface area contributed by atoms with Crippen LogP contribution in [0.2, 0.25) is 0 Å². The number of hydrogen-bond donors (Lipinski definition) is 3. The van der Waals surface area contributed by atoms with Crippen molar-refractivity contribution in [3.05, 3.63) is 71.9 Å². The van der Waals surface area contributed by atoms with Gasteiger partial charge in [0.25, 0.3) is 15.9 Å². The number of sulfonamides is 1. The molecule has 2 aromatic carbocycles. The zero-order valence-electron chi connectivity index (χ0n) is 13.4. The Balaban J connectivity index is 1.74. The first-order valence-corrected chi connectivity index (χ1v) is 8.94. The fraction of sp³-hybridized carbons (Fsp3) is 0.0588. The van der Waals surface area contributed by atoms with Crippen LogP contribution < -0.4 is 10.0 Å². The third-order valence-corrected chi connectivity index (χ3v) is 4.80. The fourth-order valence-electron chi connectivity index (χ4n) is 2.18. The van der Waals surface area contributed by atoms with Gasteiger partial charge in [-0.15, -0.1) is 0 Å². The molecule has 128 valence electrons. The molecule has 0 unspecified atom stereocenters. The molecule has 7 nitrogen and oxygen atoms in total. The van der Waals surface area contributed by atoms with Crippen molar-refractivity contribution in [2.75, 3.05) is 10.0 Å². The molecule has 3 aromatic rings. The van der Waals surface area contributed by atoms with Crippen molar-refractivity contribution in [1.29, 1.82) is 0 Å². The number of nitrogens with zero attached hydrogens (tertiary/aromatic N) is 1. The number of para-hydroxylation sites is 1. The molecule has 8 heteroatoms. The third-order valence-electron chi connectivity index (χ3n) is 3.40. The SMILES string of the molecule is Cc1cc(NC(=O)c2ccc(S(=O)(=O)Nc3ccccc3)cc2)n[nH]1. The normalized spacial score (nSPS) is 11.1. The predicted octanol–water partition coefficient (Wildman–Crippen LogP) is 2.77. The molecule has 1 aromatic heterocycles. The number of amides is 1. The summed E-state index contributed by atoms with van der Waals surface area (Å²) in [5.74, 6) is 0.0383. The summed E-state index contributed by atoms with van der Waals surface area (Å²) in [5, 5.41) is 9.28. The van der Waals surface area contributed by atoms with Crippen LogP contribution in [0.4, 0.5) is 11.5 Å². The first kappa shape index (κ1) is 16.7. The molecule has 3 N–H and O–H groups in total. The number of aromatic amines is 1. The maximum absolute atomic E-state index is 12.4. The molecule has 0 bridgehead atoms. The maximum atomic E-state index is 12.4. The van der Waals surface area contributed by atoms with Crippen LogP contribution in [0.15, 0.2) is 65.6 Å². The van der Waals surface area contributed by atoms with Crippen molar-refractivity contribution < 1.29 is 13.2 Å². The van der Waals surface area contributed by atoms with Crippen LogP contribution >= 0.6 is 0 Å². The van der Waals surface area contributed by atoms with E-state index in [9.17, 15) is 13.2 Å². The van der Waals surface area contributed by atoms with Crippen LogP contribution in [0.1, 0.15) is 16.1 Å². The van der Waals surface area contributed by atoms with Crippen molar-refractivity contribution in [2.24, 2.45) is 0 Å². The number of H-pyrrole nitrogens is 1. The molecule has 0 saturated heterocycles. The highest BCUT2D eigenvalue weighted by molar-refractivity contribution is 7.92. The van der Waals surface area contributed by atoms with E-state index in [0.29, 0.717) is 17.1 Å². The topological polar surface area (TPSA) is 104 Å². The standard InChI is InChI=1S/C17H16N4O3S/c1-12-11-16(20-19-12)18-17(22)13-7-9-15(10-8-13)25(23,24)21-14-5-3-2-4-6-14/h2-11,21H,1H3,(H2,18,19,20,22). The molecular formula is C17H16N4O3S. The highest BCUT2D eigenvalue weighted by Crippen LogP contribution is 2.17. The van der Waals surface area contributed by atoms with E-state index in [4.69, 9.17) is 0 Å². The summed E-state index contributed by atoms with van der Waals surface area (Å²) >= 11 is 0. The van der Waals surface area contributed by atoms with Crippen LogP contribution in [-0.2, 0) is 10.0 Å². The van der Waals surface area contributed by atoms with E-state index >= 15 is 0 Å². The Hall–Kier alpha value is -3.13. The van der Waals surface area contributed by atoms with E-state index in [2.05, 4.69) is 20.2 Å². The van der Waals surface area contributed by atoms with Gasteiger partial charge in [-0.2, -0.15) is 5.10 Å². The number of nitrogens with one attached hydrogen (secondary N) is 3. The van der Waals surface area contributed by atoms with Crippen LogP contribution in [0.3, 0.4) is 0 Å². The molecule has 0 spiro atoms. The van der Waals surface area contributed by atoms with Crippen LogP contribution in [-0.4, -0.2) is 24.5 Å². The lowest BCUT2D eigenvalue weighted by molar-refractivity contribution is 0.102. The zero-order chi connectivity index (χ0) is 17.9. The smallest absolute Gasteiger partial charge is 0.261 e. The molecule has 0 aliphatic rings. The van der Waals surface area contributed by atoms with Gasteiger partial charge in [-0.05, 0) is 43.3 Å². The molecule has 0 saturated carbocycles. The average Bonchev–Trinajstić information content (AvgIpc) is 3.00. The van der Waals surface area contributed by atoms with E-state index in [-0.39, 0.29) is 10.8 Å².